The Morgan fingerprint density at radius 3 is 2.77 bits per heavy atom. The smallest absolute Gasteiger partial charge is 0.237 e. The lowest BCUT2D eigenvalue weighted by molar-refractivity contribution is -0.129. The third-order valence-electron chi connectivity index (χ3n) is 2.83. The van der Waals surface area contributed by atoms with E-state index in [-0.39, 0.29) is 24.0 Å². The fraction of sp³-hybridized carbons (Fsp3) is 0.889. The van der Waals surface area contributed by atoms with E-state index in [9.17, 15) is 4.79 Å². The summed E-state index contributed by atoms with van der Waals surface area (Å²) >= 11 is 0. The van der Waals surface area contributed by atoms with E-state index in [1.807, 2.05) is 13.8 Å². The predicted molar refractivity (Wildman–Crippen MR) is 52.3 cm³/mol. The van der Waals surface area contributed by atoms with Crippen LogP contribution in [-0.2, 0) is 4.79 Å². The largest absolute Gasteiger partial charge is 0.353 e. The van der Waals surface area contributed by atoms with Crippen molar-refractivity contribution < 1.29 is 4.79 Å². The lowest BCUT2D eigenvalue weighted by Gasteiger charge is -2.38. The minimum absolute atomic E-state index is 0.0465. The molecule has 0 saturated carbocycles. The molecule has 0 aromatic carbocycles. The summed E-state index contributed by atoms with van der Waals surface area (Å²) in [5, 5.41) is 2.83. The van der Waals surface area contributed by atoms with Crippen molar-refractivity contribution in [2.75, 3.05) is 13.1 Å². The molecule has 3 unspecified atom stereocenters. The molecule has 1 aliphatic rings. The Balaban J connectivity index is 2.62. The van der Waals surface area contributed by atoms with Gasteiger partial charge in [-0.3, -0.25) is 9.69 Å². The van der Waals surface area contributed by atoms with Gasteiger partial charge in [0.05, 0.1) is 6.04 Å². The van der Waals surface area contributed by atoms with E-state index in [4.69, 9.17) is 5.73 Å². The molecule has 1 heterocycles. The van der Waals surface area contributed by atoms with Crippen LogP contribution in [0.2, 0.25) is 0 Å². The number of carbonyl (C=O) groups is 1. The summed E-state index contributed by atoms with van der Waals surface area (Å²) in [6, 6.07) is 0.323. The molecule has 0 aromatic heterocycles. The molecule has 1 aliphatic heterocycles. The highest BCUT2D eigenvalue weighted by molar-refractivity contribution is 5.82. The lowest BCUT2D eigenvalue weighted by atomic mass is 10.1. The summed E-state index contributed by atoms with van der Waals surface area (Å²) in [6.07, 6.45) is 0. The maximum Gasteiger partial charge on any atom is 0.237 e. The zero-order valence-corrected chi connectivity index (χ0v) is 8.58. The summed E-state index contributed by atoms with van der Waals surface area (Å²) in [6.45, 7) is 7.60. The average Bonchev–Trinajstić information content (AvgIpc) is 2.08. The average molecular weight is 185 g/mol. The second-order valence-electron chi connectivity index (χ2n) is 3.80. The first-order valence-corrected chi connectivity index (χ1v) is 4.83. The number of nitrogens with one attached hydrogen (secondary N) is 1. The van der Waals surface area contributed by atoms with Crippen LogP contribution in [0, 0.1) is 0 Å². The molecular formula is C9H19N3O. The Kier molecular flexibility index (Phi) is 3.27. The zero-order chi connectivity index (χ0) is 10.0. The van der Waals surface area contributed by atoms with Gasteiger partial charge in [0.1, 0.15) is 0 Å². The van der Waals surface area contributed by atoms with Crippen molar-refractivity contribution in [2.24, 2.45) is 5.73 Å². The van der Waals surface area contributed by atoms with Gasteiger partial charge in [-0.1, -0.05) is 0 Å². The van der Waals surface area contributed by atoms with E-state index in [1.54, 1.807) is 0 Å². The van der Waals surface area contributed by atoms with E-state index in [0.29, 0.717) is 0 Å². The van der Waals surface area contributed by atoms with Gasteiger partial charge in [-0.25, -0.2) is 0 Å². The number of piperazine rings is 1. The number of hydrogen-bond donors (Lipinski definition) is 2. The van der Waals surface area contributed by atoms with E-state index < -0.39 is 0 Å². The summed E-state index contributed by atoms with van der Waals surface area (Å²) in [7, 11) is 0. The van der Waals surface area contributed by atoms with Gasteiger partial charge in [-0.2, -0.15) is 0 Å². The summed E-state index contributed by atoms with van der Waals surface area (Å²) in [5.41, 5.74) is 5.80. The van der Waals surface area contributed by atoms with Gasteiger partial charge < -0.3 is 11.1 Å². The second kappa shape index (κ2) is 4.07. The van der Waals surface area contributed by atoms with Crippen molar-refractivity contribution in [3.8, 4) is 0 Å². The zero-order valence-electron chi connectivity index (χ0n) is 8.58. The van der Waals surface area contributed by atoms with E-state index >= 15 is 0 Å². The first-order valence-electron chi connectivity index (χ1n) is 4.83. The third kappa shape index (κ3) is 2.19. The number of rotatable bonds is 2. The molecule has 0 radical (unpaired) electrons. The maximum atomic E-state index is 11.3. The molecule has 4 heteroatoms. The normalized spacial score (nSPS) is 29.5. The Labute approximate surface area is 79.5 Å². The van der Waals surface area contributed by atoms with E-state index in [1.165, 1.54) is 0 Å². The second-order valence-corrected chi connectivity index (χ2v) is 3.80. The highest BCUT2D eigenvalue weighted by Crippen LogP contribution is 2.10. The fourth-order valence-electron chi connectivity index (χ4n) is 1.66. The molecule has 3 atom stereocenters. The maximum absolute atomic E-state index is 11.3. The third-order valence-corrected chi connectivity index (χ3v) is 2.83. The molecule has 13 heavy (non-hydrogen) atoms. The standard InChI is InChI=1S/C9H19N3O/c1-6(10)7(2)12-5-4-11-9(13)8(12)3/h6-8H,4-5,10H2,1-3H3,(H,11,13). The molecule has 0 bridgehead atoms. The van der Waals surface area contributed by atoms with Crippen molar-refractivity contribution >= 4 is 5.91 Å². The van der Waals surface area contributed by atoms with Crippen LogP contribution in [0.25, 0.3) is 0 Å². The van der Waals surface area contributed by atoms with Crippen molar-refractivity contribution in [1.82, 2.24) is 10.2 Å². The fourth-order valence-corrected chi connectivity index (χ4v) is 1.66. The monoisotopic (exact) mass is 185 g/mol. The van der Waals surface area contributed by atoms with Gasteiger partial charge in [0.2, 0.25) is 5.91 Å². The van der Waals surface area contributed by atoms with Gasteiger partial charge in [0.25, 0.3) is 0 Å². The molecule has 1 amide bonds. The molecule has 0 aliphatic carbocycles. The number of nitrogens with zero attached hydrogens (tertiary/aromatic N) is 1. The molecule has 4 nitrogen and oxygen atoms in total. The molecule has 0 spiro atoms. The Hall–Kier alpha value is -0.610. The topological polar surface area (TPSA) is 58.4 Å². The van der Waals surface area contributed by atoms with Crippen LogP contribution in [-0.4, -0.2) is 42.0 Å². The van der Waals surface area contributed by atoms with E-state index in [2.05, 4.69) is 17.1 Å². The summed E-state index contributed by atoms with van der Waals surface area (Å²) in [5.74, 6) is 0.110. The van der Waals surface area contributed by atoms with Crippen molar-refractivity contribution in [2.45, 2.75) is 38.9 Å². The van der Waals surface area contributed by atoms with Crippen molar-refractivity contribution in [1.29, 1.82) is 0 Å². The summed E-state index contributed by atoms with van der Waals surface area (Å²) < 4.78 is 0. The van der Waals surface area contributed by atoms with Gasteiger partial charge in [0, 0.05) is 25.2 Å². The number of amides is 1. The lowest BCUT2D eigenvalue weighted by Crippen LogP contribution is -2.59. The first kappa shape index (κ1) is 10.5. The van der Waals surface area contributed by atoms with Crippen LogP contribution < -0.4 is 11.1 Å². The Morgan fingerprint density at radius 1 is 1.62 bits per heavy atom. The Bertz CT molecular complexity index is 193. The summed E-state index contributed by atoms with van der Waals surface area (Å²) in [4.78, 5) is 13.5. The Morgan fingerprint density at radius 2 is 2.23 bits per heavy atom. The molecular weight excluding hydrogens is 166 g/mol. The minimum Gasteiger partial charge on any atom is -0.353 e. The number of nitrogens with two attached hydrogens (primary N) is 1. The van der Waals surface area contributed by atoms with Crippen LogP contribution in [0.4, 0.5) is 0 Å². The molecule has 76 valence electrons. The van der Waals surface area contributed by atoms with E-state index in [0.717, 1.165) is 13.1 Å². The highest BCUT2D eigenvalue weighted by atomic mass is 16.2. The van der Waals surface area contributed by atoms with Gasteiger partial charge in [-0.15, -0.1) is 0 Å². The van der Waals surface area contributed by atoms with Gasteiger partial charge in [-0.05, 0) is 20.8 Å². The molecule has 1 fully saturated rings. The van der Waals surface area contributed by atoms with Crippen molar-refractivity contribution in [3.63, 3.8) is 0 Å². The number of carbonyl (C=O) groups excluding carboxylic acids is 1. The van der Waals surface area contributed by atoms with Crippen molar-refractivity contribution in [3.05, 3.63) is 0 Å². The van der Waals surface area contributed by atoms with Gasteiger partial charge >= 0.3 is 0 Å². The van der Waals surface area contributed by atoms with Gasteiger partial charge in [0.15, 0.2) is 0 Å². The van der Waals surface area contributed by atoms with Crippen LogP contribution >= 0.6 is 0 Å². The minimum atomic E-state index is -0.0465. The molecule has 1 rings (SSSR count). The quantitative estimate of drug-likeness (QED) is 0.612. The highest BCUT2D eigenvalue weighted by Gasteiger charge is 2.30. The first-order chi connectivity index (χ1) is 6.04. The number of hydrogen-bond acceptors (Lipinski definition) is 3. The molecule has 3 N–H and O–H groups in total. The molecule has 0 aromatic rings. The van der Waals surface area contributed by atoms with Crippen LogP contribution in [0.5, 0.6) is 0 Å². The molecule has 1 saturated heterocycles. The van der Waals surface area contributed by atoms with Crippen LogP contribution in [0.3, 0.4) is 0 Å². The van der Waals surface area contributed by atoms with Crippen LogP contribution in [0.15, 0.2) is 0 Å². The van der Waals surface area contributed by atoms with Crippen LogP contribution in [0.1, 0.15) is 20.8 Å². The SMILES string of the molecule is CC(N)C(C)N1CCNC(=O)C1C. The predicted octanol–water partition coefficient (Wildman–Crippen LogP) is -0.458.